The average molecular weight is 607 g/mol. The van der Waals surface area contributed by atoms with Crippen LogP contribution in [0.4, 0.5) is 10.8 Å². The Morgan fingerprint density at radius 3 is 2.47 bits per heavy atom. The fourth-order valence-corrected chi connectivity index (χ4v) is 7.22. The van der Waals surface area contributed by atoms with Gasteiger partial charge in [-0.05, 0) is 59.5 Å². The second kappa shape index (κ2) is 11.7. The van der Waals surface area contributed by atoms with Crippen LogP contribution >= 0.6 is 23.1 Å². The number of benzene rings is 4. The second-order valence-electron chi connectivity index (χ2n) is 10.8. The molecule has 1 amide bonds. The van der Waals surface area contributed by atoms with Gasteiger partial charge in [-0.15, -0.1) is 10.2 Å². The molecule has 0 saturated carbocycles. The molecule has 1 aliphatic heterocycles. The number of anilines is 2. The molecule has 1 aliphatic rings. The molecule has 0 aliphatic carbocycles. The molecule has 1 atom stereocenters. The number of aryl methyl sites for hydroxylation is 2. The molecule has 1 unspecified atom stereocenters. The molecule has 2 heterocycles. The molecule has 7 nitrogen and oxygen atoms in total. The summed E-state index contributed by atoms with van der Waals surface area (Å²) in [7, 11) is 3.89. The molecular weight excluding hydrogens is 577 g/mol. The Morgan fingerprint density at radius 1 is 0.953 bits per heavy atom. The maximum absolute atomic E-state index is 13.7. The first kappa shape index (κ1) is 28.6. The lowest BCUT2D eigenvalue weighted by Crippen LogP contribution is -2.29. The summed E-state index contributed by atoms with van der Waals surface area (Å²) in [5, 5.41) is 23.0. The van der Waals surface area contributed by atoms with Crippen LogP contribution in [-0.2, 0) is 15.3 Å². The van der Waals surface area contributed by atoms with E-state index >= 15 is 0 Å². The van der Waals surface area contributed by atoms with Gasteiger partial charge in [-0.1, -0.05) is 95.4 Å². The minimum atomic E-state index is -0.861. The van der Waals surface area contributed by atoms with Gasteiger partial charge in [-0.3, -0.25) is 14.5 Å². The van der Waals surface area contributed by atoms with E-state index in [9.17, 15) is 14.7 Å². The number of amides is 1. The Kier molecular flexibility index (Phi) is 7.77. The third kappa shape index (κ3) is 5.42. The van der Waals surface area contributed by atoms with Gasteiger partial charge < -0.3 is 10.0 Å². The van der Waals surface area contributed by atoms with Crippen LogP contribution in [-0.4, -0.2) is 41.1 Å². The van der Waals surface area contributed by atoms with Gasteiger partial charge in [0.2, 0.25) is 5.13 Å². The zero-order valence-corrected chi connectivity index (χ0v) is 25.9. The van der Waals surface area contributed by atoms with E-state index in [1.165, 1.54) is 44.3 Å². The topological polar surface area (TPSA) is 86.6 Å². The van der Waals surface area contributed by atoms with Crippen LogP contribution in [0.5, 0.6) is 0 Å². The van der Waals surface area contributed by atoms with Gasteiger partial charge in [0.1, 0.15) is 5.76 Å². The number of hydrogen-bond donors (Lipinski definition) is 1. The Balaban J connectivity index is 1.39. The molecular formula is C34H30N4O3S2. The van der Waals surface area contributed by atoms with E-state index in [1.54, 1.807) is 0 Å². The van der Waals surface area contributed by atoms with Gasteiger partial charge in [-0.25, -0.2) is 0 Å². The summed E-state index contributed by atoms with van der Waals surface area (Å²) >= 11 is 2.80. The molecule has 0 spiro atoms. The monoisotopic (exact) mass is 606 g/mol. The van der Waals surface area contributed by atoms with E-state index in [4.69, 9.17) is 0 Å². The number of Topliss-reactive ketones (excluding diaryl/α,β-unsaturated/α-hetero) is 1. The Labute approximate surface area is 258 Å². The first-order valence-corrected chi connectivity index (χ1v) is 15.6. The number of aliphatic hydroxyl groups is 1. The van der Waals surface area contributed by atoms with Crippen LogP contribution in [0.25, 0.3) is 16.5 Å². The summed E-state index contributed by atoms with van der Waals surface area (Å²) in [6, 6.07) is 26.9. The van der Waals surface area contributed by atoms with Crippen molar-refractivity contribution in [1.82, 2.24) is 10.2 Å². The van der Waals surface area contributed by atoms with E-state index in [0.29, 0.717) is 26.4 Å². The van der Waals surface area contributed by atoms with Crippen molar-refractivity contribution in [1.29, 1.82) is 0 Å². The van der Waals surface area contributed by atoms with Gasteiger partial charge >= 0.3 is 5.91 Å². The SMILES string of the molecule is Cc1ccc(C)c(C(O)=C2C(=O)C(=O)N(c3nnc(SCc4cccc5ccccc45)s3)C2c2ccc(N(C)C)cc2)c1. The van der Waals surface area contributed by atoms with Crippen molar-refractivity contribution < 1.29 is 14.7 Å². The smallest absolute Gasteiger partial charge is 0.301 e. The quantitative estimate of drug-likeness (QED) is 0.0684. The number of fused-ring (bicyclic) bond motifs is 1. The highest BCUT2D eigenvalue weighted by Crippen LogP contribution is 2.44. The summed E-state index contributed by atoms with van der Waals surface area (Å²) in [4.78, 5) is 30.6. The molecule has 216 valence electrons. The van der Waals surface area contributed by atoms with Crippen molar-refractivity contribution in [3.05, 3.63) is 118 Å². The van der Waals surface area contributed by atoms with Gasteiger partial charge in [0.25, 0.3) is 5.78 Å². The summed E-state index contributed by atoms with van der Waals surface area (Å²) in [5.74, 6) is -1.01. The van der Waals surface area contributed by atoms with Crippen LogP contribution in [0.1, 0.15) is 33.9 Å². The van der Waals surface area contributed by atoms with E-state index in [-0.39, 0.29) is 11.3 Å². The molecule has 1 saturated heterocycles. The number of aliphatic hydroxyl groups excluding tert-OH is 1. The van der Waals surface area contributed by atoms with Crippen molar-refractivity contribution in [3.63, 3.8) is 0 Å². The summed E-state index contributed by atoms with van der Waals surface area (Å²) in [5.41, 5.74) is 5.14. The predicted molar refractivity (Wildman–Crippen MR) is 175 cm³/mol. The number of thioether (sulfide) groups is 1. The van der Waals surface area contributed by atoms with Gasteiger partial charge in [0.05, 0.1) is 11.6 Å². The van der Waals surface area contributed by atoms with Crippen LogP contribution in [0.2, 0.25) is 0 Å². The standard InChI is InChI=1S/C34H30N4O3S2/c1-20-12-13-21(2)27(18-20)30(39)28-29(23-14-16-25(17-15-23)37(3)4)38(32(41)31(28)40)33-35-36-34(43-33)42-19-24-10-7-9-22-8-5-6-11-26(22)24/h5-18,29,39H,19H2,1-4H3. The van der Waals surface area contributed by atoms with Crippen molar-refractivity contribution in [2.45, 2.75) is 30.0 Å². The maximum atomic E-state index is 13.7. The number of aromatic nitrogens is 2. The highest BCUT2D eigenvalue weighted by Gasteiger charge is 2.48. The number of nitrogens with zero attached hydrogens (tertiary/aromatic N) is 4. The second-order valence-corrected chi connectivity index (χ2v) is 12.9. The Bertz CT molecular complexity index is 1890. The minimum absolute atomic E-state index is 0.0384. The molecule has 4 aromatic carbocycles. The number of carbonyl (C=O) groups excluding carboxylic acids is 2. The lowest BCUT2D eigenvalue weighted by Gasteiger charge is -2.23. The molecule has 0 bridgehead atoms. The lowest BCUT2D eigenvalue weighted by atomic mass is 9.93. The molecule has 6 rings (SSSR count). The Hall–Kier alpha value is -4.47. The molecule has 9 heteroatoms. The Morgan fingerprint density at radius 2 is 1.70 bits per heavy atom. The van der Waals surface area contributed by atoms with E-state index in [2.05, 4.69) is 34.5 Å². The van der Waals surface area contributed by atoms with Crippen LogP contribution in [0.3, 0.4) is 0 Å². The molecule has 0 radical (unpaired) electrons. The van der Waals surface area contributed by atoms with E-state index in [1.807, 2.05) is 93.5 Å². The van der Waals surface area contributed by atoms with Gasteiger partial charge in [-0.2, -0.15) is 0 Å². The number of rotatable bonds is 7. The number of ketones is 1. The first-order chi connectivity index (χ1) is 20.7. The first-order valence-electron chi connectivity index (χ1n) is 13.8. The van der Waals surface area contributed by atoms with Gasteiger partial charge in [0.15, 0.2) is 4.34 Å². The normalized spacial score (nSPS) is 16.3. The van der Waals surface area contributed by atoms with Crippen molar-refractivity contribution in [2.24, 2.45) is 0 Å². The molecule has 1 N–H and O–H groups in total. The third-order valence-electron chi connectivity index (χ3n) is 7.65. The minimum Gasteiger partial charge on any atom is -0.507 e. The van der Waals surface area contributed by atoms with Crippen LogP contribution in [0.15, 0.2) is 94.8 Å². The maximum Gasteiger partial charge on any atom is 0.301 e. The van der Waals surface area contributed by atoms with Crippen LogP contribution < -0.4 is 9.80 Å². The fourth-order valence-electron chi connectivity index (χ4n) is 5.35. The number of hydrogen-bond acceptors (Lipinski definition) is 8. The highest BCUT2D eigenvalue weighted by molar-refractivity contribution is 8.00. The van der Waals surface area contributed by atoms with E-state index < -0.39 is 17.7 Å². The number of carbonyl (C=O) groups is 2. The molecule has 43 heavy (non-hydrogen) atoms. The van der Waals surface area contributed by atoms with Crippen molar-refractivity contribution >= 4 is 62.1 Å². The summed E-state index contributed by atoms with van der Waals surface area (Å²) in [6.07, 6.45) is 0. The summed E-state index contributed by atoms with van der Waals surface area (Å²) < 4.78 is 0.682. The van der Waals surface area contributed by atoms with Crippen LogP contribution in [0, 0.1) is 13.8 Å². The molecule has 5 aromatic rings. The third-order valence-corrected chi connectivity index (χ3v) is 9.76. The zero-order valence-electron chi connectivity index (χ0n) is 24.2. The predicted octanol–water partition coefficient (Wildman–Crippen LogP) is 7.29. The van der Waals surface area contributed by atoms with E-state index in [0.717, 1.165) is 16.8 Å². The van der Waals surface area contributed by atoms with Crippen molar-refractivity contribution in [2.75, 3.05) is 23.9 Å². The lowest BCUT2D eigenvalue weighted by molar-refractivity contribution is -0.132. The highest BCUT2D eigenvalue weighted by atomic mass is 32.2. The molecule has 1 fully saturated rings. The summed E-state index contributed by atoms with van der Waals surface area (Å²) in [6.45, 7) is 3.79. The zero-order chi connectivity index (χ0) is 30.2. The average Bonchev–Trinajstić information content (AvgIpc) is 3.58. The fraction of sp³-hybridized carbons (Fsp3) is 0.176. The van der Waals surface area contributed by atoms with Crippen molar-refractivity contribution in [3.8, 4) is 0 Å². The molecule has 1 aromatic heterocycles. The van der Waals surface area contributed by atoms with Gasteiger partial charge in [0, 0.05) is 31.1 Å². The largest absolute Gasteiger partial charge is 0.507 e.